The van der Waals surface area contributed by atoms with Crippen LogP contribution in [0.2, 0.25) is 0 Å². The van der Waals surface area contributed by atoms with Crippen LogP contribution in [0.1, 0.15) is 103 Å². The zero-order valence-electron chi connectivity index (χ0n) is 13.9. The van der Waals surface area contributed by atoms with Crippen molar-refractivity contribution in [2.24, 2.45) is 0 Å². The molecule has 0 radical (unpaired) electrons. The van der Waals surface area contributed by atoms with Gasteiger partial charge >= 0.3 is 0 Å². The second-order valence-corrected chi connectivity index (χ2v) is 6.02. The van der Waals surface area contributed by atoms with Crippen LogP contribution < -0.4 is 0 Å². The highest BCUT2D eigenvalue weighted by Gasteiger charge is 1.92. The quantitative estimate of drug-likeness (QED) is 0.256. The van der Waals surface area contributed by atoms with Gasteiger partial charge in [0.05, 0.1) is 0 Å². The van der Waals surface area contributed by atoms with E-state index in [1.165, 1.54) is 77.0 Å². The normalized spacial score (nSPS) is 11.5. The molecule has 0 aromatic carbocycles. The van der Waals surface area contributed by atoms with Crippen molar-refractivity contribution in [3.63, 3.8) is 0 Å². The second-order valence-electron chi connectivity index (χ2n) is 6.02. The van der Waals surface area contributed by atoms with Crippen LogP contribution >= 0.6 is 0 Å². The van der Waals surface area contributed by atoms with Crippen LogP contribution in [0.4, 0.5) is 0 Å². The summed E-state index contributed by atoms with van der Waals surface area (Å²) >= 11 is 0. The standard InChI is InChI=1S/C19H38O/c1-2-3-4-5-6-7-8-9-10-11-12-13-14-15-16-17-18-19-20/h14-15,20H,2-13,16-19H2,1H3/b15-14+. The fraction of sp³-hybridized carbons (Fsp3) is 0.895. The Morgan fingerprint density at radius 3 is 1.40 bits per heavy atom. The average molecular weight is 283 g/mol. The minimum Gasteiger partial charge on any atom is -0.396 e. The lowest BCUT2D eigenvalue weighted by molar-refractivity contribution is 0.285. The van der Waals surface area contributed by atoms with Crippen LogP contribution in [0.3, 0.4) is 0 Å². The number of rotatable bonds is 16. The van der Waals surface area contributed by atoms with Crippen molar-refractivity contribution in [2.45, 2.75) is 103 Å². The van der Waals surface area contributed by atoms with Gasteiger partial charge in [-0.2, -0.15) is 0 Å². The third kappa shape index (κ3) is 17.7. The Morgan fingerprint density at radius 1 is 0.550 bits per heavy atom. The van der Waals surface area contributed by atoms with Gasteiger partial charge in [0.1, 0.15) is 0 Å². The molecule has 0 spiro atoms. The van der Waals surface area contributed by atoms with E-state index >= 15 is 0 Å². The lowest BCUT2D eigenvalue weighted by Crippen LogP contribution is -1.82. The predicted octanol–water partition coefficient (Wildman–Crippen LogP) is 6.41. The lowest BCUT2D eigenvalue weighted by atomic mass is 10.1. The van der Waals surface area contributed by atoms with E-state index in [-0.39, 0.29) is 0 Å². The number of unbranched alkanes of at least 4 members (excludes halogenated alkanes) is 13. The molecule has 0 bridgehead atoms. The summed E-state index contributed by atoms with van der Waals surface area (Å²) in [5.41, 5.74) is 0. The Bertz CT molecular complexity index is 186. The molecule has 0 aliphatic rings. The molecule has 0 atom stereocenters. The van der Waals surface area contributed by atoms with Crippen LogP contribution in [-0.2, 0) is 0 Å². The third-order valence-electron chi connectivity index (χ3n) is 3.92. The Balaban J connectivity index is 2.99. The van der Waals surface area contributed by atoms with Crippen LogP contribution in [-0.4, -0.2) is 11.7 Å². The Kier molecular flexibility index (Phi) is 18.4. The predicted molar refractivity (Wildman–Crippen MR) is 91.2 cm³/mol. The van der Waals surface area contributed by atoms with Gasteiger partial charge in [-0.15, -0.1) is 0 Å². The van der Waals surface area contributed by atoms with Crippen LogP contribution in [0.25, 0.3) is 0 Å². The molecule has 0 heterocycles. The van der Waals surface area contributed by atoms with E-state index in [4.69, 9.17) is 5.11 Å². The van der Waals surface area contributed by atoms with Crippen LogP contribution in [0, 0.1) is 0 Å². The molecule has 1 heteroatoms. The largest absolute Gasteiger partial charge is 0.396 e. The summed E-state index contributed by atoms with van der Waals surface area (Å²) in [7, 11) is 0. The summed E-state index contributed by atoms with van der Waals surface area (Å²) in [5.74, 6) is 0. The summed E-state index contributed by atoms with van der Waals surface area (Å²) in [4.78, 5) is 0. The highest BCUT2D eigenvalue weighted by molar-refractivity contribution is 4.81. The topological polar surface area (TPSA) is 20.2 Å². The molecule has 0 unspecified atom stereocenters. The molecular weight excluding hydrogens is 244 g/mol. The summed E-state index contributed by atoms with van der Waals surface area (Å²) < 4.78 is 0. The first-order valence-electron chi connectivity index (χ1n) is 9.17. The number of hydrogen-bond acceptors (Lipinski definition) is 1. The van der Waals surface area contributed by atoms with E-state index in [0.29, 0.717) is 6.61 Å². The minimum absolute atomic E-state index is 0.340. The van der Waals surface area contributed by atoms with Crippen molar-refractivity contribution < 1.29 is 5.11 Å². The smallest absolute Gasteiger partial charge is 0.0431 e. The Morgan fingerprint density at radius 2 is 0.950 bits per heavy atom. The molecule has 0 aliphatic heterocycles. The maximum absolute atomic E-state index is 8.66. The lowest BCUT2D eigenvalue weighted by Gasteiger charge is -2.01. The molecule has 120 valence electrons. The van der Waals surface area contributed by atoms with Crippen molar-refractivity contribution in [3.8, 4) is 0 Å². The average Bonchev–Trinajstić information content (AvgIpc) is 2.47. The second kappa shape index (κ2) is 18.7. The Hall–Kier alpha value is -0.300. The van der Waals surface area contributed by atoms with Crippen molar-refractivity contribution in [1.82, 2.24) is 0 Å². The van der Waals surface area contributed by atoms with E-state index in [1.54, 1.807) is 0 Å². The number of allylic oxidation sites excluding steroid dienone is 2. The minimum atomic E-state index is 0.340. The number of aliphatic hydroxyl groups is 1. The van der Waals surface area contributed by atoms with Gasteiger partial charge in [0.25, 0.3) is 0 Å². The van der Waals surface area contributed by atoms with Gasteiger partial charge < -0.3 is 5.11 Å². The molecular formula is C19H38O. The summed E-state index contributed by atoms with van der Waals surface area (Å²) in [6, 6.07) is 0. The highest BCUT2D eigenvalue weighted by atomic mass is 16.2. The van der Waals surface area contributed by atoms with Crippen molar-refractivity contribution in [3.05, 3.63) is 12.2 Å². The van der Waals surface area contributed by atoms with Crippen LogP contribution in [0.5, 0.6) is 0 Å². The molecule has 0 aliphatic carbocycles. The van der Waals surface area contributed by atoms with Gasteiger partial charge in [-0.25, -0.2) is 0 Å². The molecule has 0 aromatic rings. The van der Waals surface area contributed by atoms with Gasteiger partial charge in [0.2, 0.25) is 0 Å². The monoisotopic (exact) mass is 282 g/mol. The van der Waals surface area contributed by atoms with E-state index in [1.807, 2.05) is 0 Å². The first-order valence-corrected chi connectivity index (χ1v) is 9.17. The molecule has 1 nitrogen and oxygen atoms in total. The van der Waals surface area contributed by atoms with Gasteiger partial charge in [0.15, 0.2) is 0 Å². The fourth-order valence-electron chi connectivity index (χ4n) is 2.54. The molecule has 0 amide bonds. The highest BCUT2D eigenvalue weighted by Crippen LogP contribution is 2.12. The van der Waals surface area contributed by atoms with E-state index < -0.39 is 0 Å². The zero-order chi connectivity index (χ0) is 14.7. The van der Waals surface area contributed by atoms with E-state index in [9.17, 15) is 0 Å². The van der Waals surface area contributed by atoms with Gasteiger partial charge in [-0.3, -0.25) is 0 Å². The maximum Gasteiger partial charge on any atom is 0.0431 e. The van der Waals surface area contributed by atoms with Gasteiger partial charge in [0, 0.05) is 6.61 Å². The molecule has 0 aromatic heterocycles. The molecule has 0 rings (SSSR count). The number of hydrogen-bond donors (Lipinski definition) is 1. The molecule has 0 fully saturated rings. The molecule has 1 N–H and O–H groups in total. The Labute approximate surface area is 127 Å². The summed E-state index contributed by atoms with van der Waals surface area (Å²) in [6.45, 7) is 2.62. The van der Waals surface area contributed by atoms with Gasteiger partial charge in [-0.05, 0) is 32.1 Å². The zero-order valence-corrected chi connectivity index (χ0v) is 13.9. The first-order chi connectivity index (χ1) is 9.91. The number of aliphatic hydroxyl groups excluding tert-OH is 1. The van der Waals surface area contributed by atoms with Crippen molar-refractivity contribution in [2.75, 3.05) is 6.61 Å². The maximum atomic E-state index is 8.66. The van der Waals surface area contributed by atoms with E-state index in [2.05, 4.69) is 19.1 Å². The first kappa shape index (κ1) is 19.7. The van der Waals surface area contributed by atoms with Crippen LogP contribution in [0.15, 0.2) is 12.2 Å². The van der Waals surface area contributed by atoms with Crippen molar-refractivity contribution >= 4 is 0 Å². The molecule has 0 saturated heterocycles. The summed E-state index contributed by atoms with van der Waals surface area (Å²) in [5, 5.41) is 8.66. The SMILES string of the molecule is CCCCCCCCCCCCC/C=C/CCCCO. The summed E-state index contributed by atoms with van der Waals surface area (Å²) in [6.07, 6.45) is 24.7. The third-order valence-corrected chi connectivity index (χ3v) is 3.92. The van der Waals surface area contributed by atoms with Gasteiger partial charge in [-0.1, -0.05) is 83.3 Å². The molecule has 20 heavy (non-hydrogen) atoms. The fourth-order valence-corrected chi connectivity index (χ4v) is 2.54. The van der Waals surface area contributed by atoms with Crippen molar-refractivity contribution in [1.29, 1.82) is 0 Å². The van der Waals surface area contributed by atoms with E-state index in [0.717, 1.165) is 19.3 Å². The molecule has 0 saturated carbocycles.